The lowest BCUT2D eigenvalue weighted by atomic mass is 10.0. The molecule has 1 atom stereocenters. The van der Waals surface area contributed by atoms with Crippen molar-refractivity contribution in [1.82, 2.24) is 15.4 Å². The maximum atomic E-state index is 12.5. The minimum absolute atomic E-state index is 0.121. The Bertz CT molecular complexity index is 1190. The number of rotatable bonds is 5. The third kappa shape index (κ3) is 4.36. The van der Waals surface area contributed by atoms with Crippen molar-refractivity contribution >= 4 is 40.1 Å². The van der Waals surface area contributed by atoms with Crippen molar-refractivity contribution in [1.29, 1.82) is 0 Å². The number of halogens is 1. The first-order valence-corrected chi connectivity index (χ1v) is 8.39. The number of H-pyrrole nitrogens is 1. The Morgan fingerprint density at radius 1 is 1.31 bits per heavy atom. The number of carbonyl (C=O) groups is 1. The van der Waals surface area contributed by atoms with E-state index in [1.54, 1.807) is 0 Å². The molecule has 148 valence electrons. The lowest BCUT2D eigenvalue weighted by Crippen LogP contribution is -2.31. The second-order valence-corrected chi connectivity index (χ2v) is 6.24. The van der Waals surface area contributed by atoms with Crippen molar-refractivity contribution < 1.29 is 14.8 Å². The number of hydrogen-bond acceptors (Lipinski definition) is 7. The van der Waals surface area contributed by atoms with E-state index in [4.69, 9.17) is 17.3 Å². The van der Waals surface area contributed by atoms with Gasteiger partial charge in [0.25, 0.3) is 11.2 Å². The Kier molecular flexibility index (Phi) is 5.52. The molecule has 0 saturated heterocycles. The van der Waals surface area contributed by atoms with Crippen LogP contribution in [0.5, 0.6) is 0 Å². The molecule has 0 saturated carbocycles. The first-order valence-electron chi connectivity index (χ1n) is 8.01. The quantitative estimate of drug-likeness (QED) is 0.278. The maximum absolute atomic E-state index is 12.5. The number of carbonyl (C=O) groups excluding carboxylic acids is 1. The summed E-state index contributed by atoms with van der Waals surface area (Å²) in [5, 5.41) is 25.8. The van der Waals surface area contributed by atoms with Crippen LogP contribution in [0.2, 0.25) is 5.02 Å². The van der Waals surface area contributed by atoms with E-state index >= 15 is 0 Å². The number of nitro benzene ring substituents is 1. The molecule has 1 unspecified atom stereocenters. The Hall–Kier alpha value is -3.83. The fraction of sp³-hybridized carbons (Fsp3) is 0.0588. The van der Waals surface area contributed by atoms with Gasteiger partial charge in [0.05, 0.1) is 16.0 Å². The Morgan fingerprint density at radius 3 is 2.62 bits per heavy atom. The molecule has 0 aliphatic rings. The van der Waals surface area contributed by atoms with Crippen LogP contribution < -0.4 is 16.7 Å². The van der Waals surface area contributed by atoms with Crippen molar-refractivity contribution in [2.24, 2.45) is 10.8 Å². The van der Waals surface area contributed by atoms with Gasteiger partial charge in [0.15, 0.2) is 5.69 Å². The molecule has 3 aromatic rings. The molecule has 1 heterocycles. The summed E-state index contributed by atoms with van der Waals surface area (Å²) >= 11 is 5.84. The van der Waals surface area contributed by atoms with Gasteiger partial charge in [-0.05, 0) is 23.8 Å². The van der Waals surface area contributed by atoms with Crippen molar-refractivity contribution in [3.05, 3.63) is 79.2 Å². The molecular formula is C17H13ClN6O5. The number of urea groups is 1. The van der Waals surface area contributed by atoms with Crippen LogP contribution >= 0.6 is 11.6 Å². The number of aliphatic hydroxyl groups excluding tert-OH is 1. The first kappa shape index (κ1) is 19.9. The summed E-state index contributed by atoms with van der Waals surface area (Å²) < 4.78 is 0. The molecule has 12 heteroatoms. The maximum Gasteiger partial charge on any atom is 0.332 e. The summed E-state index contributed by atoms with van der Waals surface area (Å²) in [5.74, 6) is 0. The number of benzene rings is 2. The van der Waals surface area contributed by atoms with Gasteiger partial charge in [0.1, 0.15) is 11.8 Å². The van der Waals surface area contributed by atoms with Crippen LogP contribution in [0.25, 0.3) is 11.0 Å². The smallest absolute Gasteiger partial charge is 0.332 e. The topological polar surface area (TPSA) is 177 Å². The molecule has 2 amide bonds. The van der Waals surface area contributed by atoms with Crippen LogP contribution in [0.4, 0.5) is 10.5 Å². The molecule has 0 aliphatic heterocycles. The zero-order valence-electron chi connectivity index (χ0n) is 14.5. The van der Waals surface area contributed by atoms with Crippen molar-refractivity contribution in [2.75, 3.05) is 0 Å². The molecule has 3 rings (SSSR count). The summed E-state index contributed by atoms with van der Waals surface area (Å²) in [7, 11) is 0. The number of hydrazone groups is 1. The average Bonchev–Trinajstić information content (AvgIpc) is 2.68. The summed E-state index contributed by atoms with van der Waals surface area (Å²) in [6, 6.07) is 8.75. The summed E-state index contributed by atoms with van der Waals surface area (Å²) in [6.07, 6.45) is -1.46. The summed E-state index contributed by atoms with van der Waals surface area (Å²) in [6.45, 7) is 0. The zero-order chi connectivity index (χ0) is 21.1. The number of aliphatic hydroxyl groups is 1. The van der Waals surface area contributed by atoms with Gasteiger partial charge in [-0.1, -0.05) is 23.7 Å². The molecule has 2 aromatic carbocycles. The predicted octanol–water partition coefficient (Wildman–Crippen LogP) is 1.59. The lowest BCUT2D eigenvalue weighted by Gasteiger charge is -2.14. The van der Waals surface area contributed by atoms with Gasteiger partial charge in [0, 0.05) is 17.2 Å². The molecule has 0 fully saturated rings. The molecule has 0 radical (unpaired) electrons. The number of nitrogens with two attached hydrogens (primary N) is 1. The lowest BCUT2D eigenvalue weighted by molar-refractivity contribution is -0.384. The normalized spacial score (nSPS) is 12.6. The van der Waals surface area contributed by atoms with Crippen LogP contribution in [-0.2, 0) is 0 Å². The Labute approximate surface area is 167 Å². The minimum Gasteiger partial charge on any atom is -0.382 e. The largest absolute Gasteiger partial charge is 0.382 e. The number of nitro groups is 1. The Morgan fingerprint density at radius 2 is 2.00 bits per heavy atom. The van der Waals surface area contributed by atoms with E-state index in [0.29, 0.717) is 10.6 Å². The van der Waals surface area contributed by atoms with Crippen LogP contribution in [0.15, 0.2) is 52.4 Å². The number of hydrogen-bond donors (Lipinski definition) is 4. The standard InChI is InChI=1S/C17H13ClN6O5/c18-9-3-1-8(2-4-9)15(25)13(22-23-17(19)27)14-16(26)21-12-7-10(24(28)29)5-6-11(12)20-14/h1-7,15,25H,(H,21,26)(H3,19,23,27)/b22-13+. The number of primary amides is 1. The van der Waals surface area contributed by atoms with Gasteiger partial charge < -0.3 is 15.8 Å². The molecule has 0 bridgehead atoms. The first-order chi connectivity index (χ1) is 13.8. The molecule has 1 aromatic heterocycles. The van der Waals surface area contributed by atoms with E-state index in [2.05, 4.69) is 15.1 Å². The van der Waals surface area contributed by atoms with Crippen molar-refractivity contribution in [2.45, 2.75) is 6.10 Å². The minimum atomic E-state index is -1.46. The summed E-state index contributed by atoms with van der Waals surface area (Å²) in [4.78, 5) is 40.5. The Balaban J connectivity index is 2.14. The molecule has 0 aliphatic carbocycles. The van der Waals surface area contributed by atoms with Crippen LogP contribution in [0.1, 0.15) is 17.4 Å². The fourth-order valence-electron chi connectivity index (χ4n) is 2.52. The highest BCUT2D eigenvalue weighted by atomic mass is 35.5. The number of fused-ring (bicyclic) bond motifs is 1. The number of nitrogens with one attached hydrogen (secondary N) is 2. The van der Waals surface area contributed by atoms with E-state index in [-0.39, 0.29) is 28.1 Å². The van der Waals surface area contributed by atoms with Gasteiger partial charge in [-0.15, -0.1) is 0 Å². The SMILES string of the molecule is NC(=O)N/N=C(\c1nc2ccc([N+](=O)[O-])cc2[nH]c1=O)C(O)c1ccc(Cl)cc1. The summed E-state index contributed by atoms with van der Waals surface area (Å²) in [5.41, 5.74) is 6.04. The molecule has 5 N–H and O–H groups in total. The number of non-ortho nitro benzene ring substituents is 1. The molecule has 29 heavy (non-hydrogen) atoms. The predicted molar refractivity (Wildman–Crippen MR) is 105 cm³/mol. The molecular weight excluding hydrogens is 404 g/mol. The highest BCUT2D eigenvalue weighted by Crippen LogP contribution is 2.21. The van der Waals surface area contributed by atoms with Crippen molar-refractivity contribution in [3.63, 3.8) is 0 Å². The molecule has 11 nitrogen and oxygen atoms in total. The van der Waals surface area contributed by atoms with Gasteiger partial charge in [0.2, 0.25) is 0 Å². The van der Waals surface area contributed by atoms with Gasteiger partial charge in [-0.2, -0.15) is 5.10 Å². The van der Waals surface area contributed by atoms with Gasteiger partial charge >= 0.3 is 6.03 Å². The van der Waals surface area contributed by atoms with Crippen LogP contribution in [0, 0.1) is 10.1 Å². The second-order valence-electron chi connectivity index (χ2n) is 5.80. The highest BCUT2D eigenvalue weighted by Gasteiger charge is 2.23. The van der Waals surface area contributed by atoms with E-state index in [1.165, 1.54) is 36.4 Å². The fourth-order valence-corrected chi connectivity index (χ4v) is 2.65. The van der Waals surface area contributed by atoms with Gasteiger partial charge in [-0.25, -0.2) is 15.2 Å². The number of aromatic amines is 1. The van der Waals surface area contributed by atoms with Gasteiger partial charge in [-0.3, -0.25) is 14.9 Å². The third-order valence-corrected chi connectivity index (χ3v) is 4.11. The van der Waals surface area contributed by atoms with Crippen LogP contribution in [0.3, 0.4) is 0 Å². The molecule has 0 spiro atoms. The van der Waals surface area contributed by atoms with E-state index < -0.39 is 22.6 Å². The number of amides is 2. The zero-order valence-corrected chi connectivity index (χ0v) is 15.3. The number of nitrogens with zero attached hydrogens (tertiary/aromatic N) is 3. The third-order valence-electron chi connectivity index (χ3n) is 3.86. The van der Waals surface area contributed by atoms with E-state index in [9.17, 15) is 24.8 Å². The highest BCUT2D eigenvalue weighted by molar-refractivity contribution is 6.30. The van der Waals surface area contributed by atoms with E-state index in [1.807, 2.05) is 5.43 Å². The average molecular weight is 417 g/mol. The van der Waals surface area contributed by atoms with Crippen LogP contribution in [-0.4, -0.2) is 31.7 Å². The number of aromatic nitrogens is 2. The second kappa shape index (κ2) is 8.04. The van der Waals surface area contributed by atoms with Crippen molar-refractivity contribution in [3.8, 4) is 0 Å². The van der Waals surface area contributed by atoms with E-state index in [0.717, 1.165) is 6.07 Å². The monoisotopic (exact) mass is 416 g/mol.